The van der Waals surface area contributed by atoms with Crippen LogP contribution in [0.1, 0.15) is 38.8 Å². The van der Waals surface area contributed by atoms with E-state index in [1.54, 1.807) is 0 Å². The molecule has 2 aromatic carbocycles. The highest BCUT2D eigenvalue weighted by Gasteiger charge is 2.22. The van der Waals surface area contributed by atoms with E-state index >= 15 is 0 Å². The molecule has 0 atom stereocenters. The van der Waals surface area contributed by atoms with Crippen molar-refractivity contribution in [3.63, 3.8) is 0 Å². The van der Waals surface area contributed by atoms with E-state index in [1.165, 1.54) is 0 Å². The van der Waals surface area contributed by atoms with Crippen LogP contribution in [0, 0.1) is 0 Å². The van der Waals surface area contributed by atoms with Crippen LogP contribution in [0.3, 0.4) is 0 Å². The van der Waals surface area contributed by atoms with Crippen LogP contribution in [-0.2, 0) is 17.6 Å². The summed E-state index contributed by atoms with van der Waals surface area (Å²) in [5, 5.41) is 3.83. The summed E-state index contributed by atoms with van der Waals surface area (Å²) in [5.74, 6) is 0.730. The first-order chi connectivity index (χ1) is 11.8. The van der Waals surface area contributed by atoms with Gasteiger partial charge in [0.25, 0.3) is 0 Å². The Hall–Kier alpha value is -2.00. The molecule has 1 N–H and O–H groups in total. The average molecular weight is 360 g/mol. The smallest absolute Gasteiger partial charge is 0.224 e. The van der Waals surface area contributed by atoms with E-state index in [2.05, 4.69) is 5.32 Å². The molecule has 0 aliphatic carbocycles. The van der Waals surface area contributed by atoms with Crippen molar-refractivity contribution in [1.82, 2.24) is 5.32 Å². The summed E-state index contributed by atoms with van der Waals surface area (Å²) in [6.45, 7) is 7.96. The third-order valence-corrected chi connectivity index (χ3v) is 4.12. The molecule has 0 saturated carbocycles. The molecule has 3 nitrogen and oxygen atoms in total. The highest BCUT2D eigenvalue weighted by molar-refractivity contribution is 6.31. The number of para-hydroxylation sites is 1. The third kappa shape index (κ3) is 6.09. The minimum atomic E-state index is -0.393. The summed E-state index contributed by atoms with van der Waals surface area (Å²) in [4.78, 5) is 12.5. The van der Waals surface area contributed by atoms with Crippen LogP contribution in [0.15, 0.2) is 48.5 Å². The van der Waals surface area contributed by atoms with Gasteiger partial charge in [0.2, 0.25) is 5.91 Å². The number of carbonyl (C=O) groups excluding carboxylic acids is 1. The number of carbonyl (C=O) groups is 1. The van der Waals surface area contributed by atoms with E-state index in [-0.39, 0.29) is 18.4 Å². The quantitative estimate of drug-likeness (QED) is 0.770. The summed E-state index contributed by atoms with van der Waals surface area (Å²) >= 11 is 6.24. The van der Waals surface area contributed by atoms with E-state index in [4.69, 9.17) is 16.3 Å². The Bertz CT molecular complexity index is 725. The van der Waals surface area contributed by atoms with Crippen molar-refractivity contribution >= 4 is 17.5 Å². The summed E-state index contributed by atoms with van der Waals surface area (Å²) in [7, 11) is 0. The van der Waals surface area contributed by atoms with Crippen LogP contribution in [-0.4, -0.2) is 17.6 Å². The van der Waals surface area contributed by atoms with Crippen LogP contribution in [0.2, 0.25) is 5.02 Å². The first-order valence-electron chi connectivity index (χ1n) is 8.56. The molecule has 0 saturated heterocycles. The fourth-order valence-electron chi connectivity index (χ4n) is 2.78. The van der Waals surface area contributed by atoms with Crippen molar-refractivity contribution in [1.29, 1.82) is 0 Å². The first kappa shape index (κ1) is 19.3. The number of ether oxygens (including phenoxy) is 1. The lowest BCUT2D eigenvalue weighted by atomic mass is 9.94. The molecule has 2 rings (SSSR count). The number of hydrogen-bond donors (Lipinski definition) is 1. The Morgan fingerprint density at radius 2 is 1.68 bits per heavy atom. The number of halogens is 1. The van der Waals surface area contributed by atoms with E-state index in [1.807, 2.05) is 76.2 Å². The second-order valence-electron chi connectivity index (χ2n) is 7.15. The summed E-state index contributed by atoms with van der Waals surface area (Å²) in [6, 6.07) is 15.4. The first-order valence-corrected chi connectivity index (χ1v) is 8.93. The topological polar surface area (TPSA) is 38.3 Å². The highest BCUT2D eigenvalue weighted by atomic mass is 35.5. The van der Waals surface area contributed by atoms with Crippen molar-refractivity contribution in [3.8, 4) is 5.75 Å². The van der Waals surface area contributed by atoms with Gasteiger partial charge in [-0.3, -0.25) is 4.79 Å². The third-order valence-electron chi connectivity index (χ3n) is 3.75. The predicted molar refractivity (Wildman–Crippen MR) is 103 cm³/mol. The van der Waals surface area contributed by atoms with E-state index in [9.17, 15) is 4.79 Å². The molecule has 1 amide bonds. The molecule has 4 heteroatoms. The van der Waals surface area contributed by atoms with Crippen LogP contribution in [0.4, 0.5) is 0 Å². The maximum absolute atomic E-state index is 12.5. The van der Waals surface area contributed by atoms with Gasteiger partial charge in [0.15, 0.2) is 0 Å². The van der Waals surface area contributed by atoms with Gasteiger partial charge < -0.3 is 10.1 Å². The van der Waals surface area contributed by atoms with Crippen LogP contribution in [0.25, 0.3) is 0 Å². The van der Waals surface area contributed by atoms with Crippen molar-refractivity contribution in [2.24, 2.45) is 0 Å². The zero-order valence-electron chi connectivity index (χ0n) is 15.3. The summed E-state index contributed by atoms with van der Waals surface area (Å²) < 4.78 is 5.79. The Kier molecular flexibility index (Phi) is 6.49. The molecule has 0 heterocycles. The molecule has 0 fully saturated rings. The lowest BCUT2D eigenvalue weighted by molar-refractivity contribution is -0.122. The monoisotopic (exact) mass is 359 g/mol. The lowest BCUT2D eigenvalue weighted by Gasteiger charge is -2.27. The minimum Gasteiger partial charge on any atom is -0.491 e. The molecule has 0 aromatic heterocycles. The number of hydrogen-bond acceptors (Lipinski definition) is 2. The van der Waals surface area contributed by atoms with Gasteiger partial charge in [-0.25, -0.2) is 0 Å². The molecule has 0 aliphatic rings. The largest absolute Gasteiger partial charge is 0.491 e. The number of nitrogens with one attached hydrogen (secondary N) is 1. The molecular weight excluding hydrogens is 334 g/mol. The Morgan fingerprint density at radius 1 is 1.08 bits per heavy atom. The van der Waals surface area contributed by atoms with Crippen LogP contribution < -0.4 is 10.1 Å². The normalized spacial score (nSPS) is 11.4. The average Bonchev–Trinajstić information content (AvgIpc) is 2.50. The number of benzene rings is 2. The Balaban J connectivity index is 2.03. The molecule has 0 radical (unpaired) electrons. The molecular formula is C21H26ClNO2. The Morgan fingerprint density at radius 3 is 2.32 bits per heavy atom. The molecule has 2 aromatic rings. The fourth-order valence-corrected chi connectivity index (χ4v) is 2.98. The number of rotatable bonds is 7. The van der Waals surface area contributed by atoms with Crippen LogP contribution in [0.5, 0.6) is 5.75 Å². The zero-order chi connectivity index (χ0) is 18.4. The van der Waals surface area contributed by atoms with Crippen molar-refractivity contribution in [2.75, 3.05) is 0 Å². The highest BCUT2D eigenvalue weighted by Crippen LogP contribution is 2.22. The molecule has 0 aliphatic heterocycles. The maximum atomic E-state index is 12.5. The summed E-state index contributed by atoms with van der Waals surface area (Å²) in [6.07, 6.45) is 1.03. The fraction of sp³-hybridized carbons (Fsp3) is 0.381. The van der Waals surface area contributed by atoms with Gasteiger partial charge in [0.05, 0.1) is 12.5 Å². The van der Waals surface area contributed by atoms with E-state index in [0.717, 1.165) is 21.9 Å². The van der Waals surface area contributed by atoms with Gasteiger partial charge in [0.1, 0.15) is 5.75 Å². The van der Waals surface area contributed by atoms with Crippen molar-refractivity contribution < 1.29 is 9.53 Å². The second kappa shape index (κ2) is 8.39. The van der Waals surface area contributed by atoms with Gasteiger partial charge in [-0.05, 0) is 51.8 Å². The SMILES string of the molecule is CC(C)Oc1ccccc1CC(=O)NC(C)(C)Cc1ccccc1Cl. The molecule has 134 valence electrons. The maximum Gasteiger partial charge on any atom is 0.224 e. The molecule has 25 heavy (non-hydrogen) atoms. The van der Waals surface area contributed by atoms with Gasteiger partial charge in [-0.15, -0.1) is 0 Å². The van der Waals surface area contributed by atoms with Gasteiger partial charge in [0, 0.05) is 16.1 Å². The zero-order valence-corrected chi connectivity index (χ0v) is 16.1. The standard InChI is InChI=1S/C21H26ClNO2/c1-15(2)25-19-12-8-6-9-16(19)13-20(24)23-21(3,4)14-17-10-5-7-11-18(17)22/h5-12,15H,13-14H2,1-4H3,(H,23,24). The van der Waals surface area contributed by atoms with E-state index in [0.29, 0.717) is 6.42 Å². The number of amides is 1. The molecule has 0 spiro atoms. The lowest BCUT2D eigenvalue weighted by Crippen LogP contribution is -2.45. The predicted octanol–water partition coefficient (Wildman–Crippen LogP) is 4.81. The van der Waals surface area contributed by atoms with Gasteiger partial charge >= 0.3 is 0 Å². The Labute approximate surface area is 155 Å². The van der Waals surface area contributed by atoms with Gasteiger partial charge in [-0.1, -0.05) is 48.0 Å². The van der Waals surface area contributed by atoms with Crippen LogP contribution >= 0.6 is 11.6 Å². The molecule has 0 bridgehead atoms. The minimum absolute atomic E-state index is 0.0307. The van der Waals surface area contributed by atoms with Crippen molar-refractivity contribution in [3.05, 3.63) is 64.7 Å². The van der Waals surface area contributed by atoms with Crippen molar-refractivity contribution in [2.45, 2.75) is 52.2 Å². The second-order valence-corrected chi connectivity index (χ2v) is 7.56. The molecule has 0 unspecified atom stereocenters. The van der Waals surface area contributed by atoms with E-state index < -0.39 is 5.54 Å². The van der Waals surface area contributed by atoms with Gasteiger partial charge in [-0.2, -0.15) is 0 Å². The summed E-state index contributed by atoms with van der Waals surface area (Å²) in [5.41, 5.74) is 1.52.